The van der Waals surface area contributed by atoms with Crippen molar-refractivity contribution < 1.29 is 49.7 Å². The van der Waals surface area contributed by atoms with Crippen LogP contribution in [-0.4, -0.2) is 118 Å². The lowest BCUT2D eigenvalue weighted by Crippen LogP contribution is -2.60. The molecule has 13 heteroatoms. The van der Waals surface area contributed by atoms with Crippen LogP contribution in [0.4, 0.5) is 4.79 Å². The lowest BCUT2D eigenvalue weighted by Gasteiger charge is -2.40. The molecule has 1 fully saturated rings. The molecule has 0 saturated carbocycles. The van der Waals surface area contributed by atoms with E-state index in [1.807, 2.05) is 0 Å². The van der Waals surface area contributed by atoms with Crippen LogP contribution in [0.3, 0.4) is 0 Å². The van der Waals surface area contributed by atoms with Crippen LogP contribution in [0.5, 0.6) is 0 Å². The molecule has 0 aromatic rings. The average molecular weight is 874 g/mol. The number of ether oxygens (including phenoxy) is 2. The Bertz CT molecular complexity index is 1010. The number of hydrogen-bond donors (Lipinski definition) is 9. The second kappa shape index (κ2) is 40.0. The molecule has 61 heavy (non-hydrogen) atoms. The maximum Gasteiger partial charge on any atom is 0.314 e. The molecule has 0 aliphatic carbocycles. The summed E-state index contributed by atoms with van der Waals surface area (Å²) in [6.07, 6.45) is 25.6. The summed E-state index contributed by atoms with van der Waals surface area (Å²) < 4.78 is 11.1. The Kier molecular flexibility index (Phi) is 37.6. The van der Waals surface area contributed by atoms with E-state index < -0.39 is 55.6 Å². The molecule has 1 aliphatic rings. The maximum absolute atomic E-state index is 13.0. The molecule has 3 amide bonds. The van der Waals surface area contributed by atoms with Gasteiger partial charge < -0.3 is 56.1 Å². The fourth-order valence-corrected chi connectivity index (χ4v) is 8.09. The van der Waals surface area contributed by atoms with Gasteiger partial charge in [0.15, 0.2) is 6.29 Å². The molecule has 1 heterocycles. The summed E-state index contributed by atoms with van der Waals surface area (Å²) in [4.78, 5) is 25.0. The van der Waals surface area contributed by atoms with Gasteiger partial charge in [0.05, 0.1) is 25.4 Å². The lowest BCUT2D eigenvalue weighted by molar-refractivity contribution is -0.303. The first-order chi connectivity index (χ1) is 29.7. The molecule has 9 N–H and O–H groups in total. The molecule has 0 bridgehead atoms. The first-order valence-corrected chi connectivity index (χ1v) is 25.2. The summed E-state index contributed by atoms with van der Waals surface area (Å²) in [5.41, 5.74) is 0. The third kappa shape index (κ3) is 30.2. The Morgan fingerprint density at radius 1 is 0.557 bits per heavy atom. The summed E-state index contributed by atoms with van der Waals surface area (Å²) in [5, 5.41) is 71.1. The number of amides is 3. The fourth-order valence-electron chi connectivity index (χ4n) is 8.09. The molecule has 1 rings (SSSR count). The van der Waals surface area contributed by atoms with E-state index in [2.05, 4.69) is 29.8 Å². The van der Waals surface area contributed by atoms with Crippen molar-refractivity contribution in [2.45, 2.75) is 268 Å². The summed E-state index contributed by atoms with van der Waals surface area (Å²) in [6.45, 7) is 4.98. The highest BCUT2D eigenvalue weighted by Crippen LogP contribution is 2.23. The fraction of sp³-hybridized carbons (Fsp3) is 0.958. The molecule has 362 valence electrons. The van der Waals surface area contributed by atoms with E-state index >= 15 is 0 Å². The average Bonchev–Trinajstić information content (AvgIpc) is 3.25. The first-order valence-electron chi connectivity index (χ1n) is 25.2. The Labute approximate surface area is 371 Å². The Morgan fingerprint density at radius 3 is 1.41 bits per heavy atom. The third-order valence-corrected chi connectivity index (χ3v) is 12.2. The molecule has 0 spiro atoms. The molecule has 0 radical (unpaired) electrons. The van der Waals surface area contributed by atoms with Gasteiger partial charge in [0, 0.05) is 19.5 Å². The van der Waals surface area contributed by atoms with E-state index in [0.717, 1.165) is 90.0 Å². The van der Waals surface area contributed by atoms with Gasteiger partial charge in [-0.2, -0.15) is 0 Å². The molecular formula is C48H95N3O10. The highest BCUT2D eigenvalue weighted by Gasteiger charge is 2.44. The van der Waals surface area contributed by atoms with Crippen molar-refractivity contribution in [3.8, 4) is 0 Å². The SMILES string of the molecule is CCCCCCCCCCCCCC[C@@H](O)[C@@H](O)[C@H](CO[C@H]1O[C@H](CO)[C@H](O)[C@H](O)[C@H]1O)NC(=O)CCCCCCCCCCCNC(=O)NCCCCCCCCCCC. The van der Waals surface area contributed by atoms with E-state index in [1.165, 1.54) is 103 Å². The van der Waals surface area contributed by atoms with Gasteiger partial charge in [0.25, 0.3) is 0 Å². The normalized spacial score (nSPS) is 20.6. The van der Waals surface area contributed by atoms with Crippen LogP contribution < -0.4 is 16.0 Å². The van der Waals surface area contributed by atoms with Gasteiger partial charge >= 0.3 is 6.03 Å². The van der Waals surface area contributed by atoms with Crippen LogP contribution in [0.2, 0.25) is 0 Å². The van der Waals surface area contributed by atoms with Gasteiger partial charge in [0.2, 0.25) is 5.91 Å². The van der Waals surface area contributed by atoms with Crippen LogP contribution in [-0.2, 0) is 14.3 Å². The predicted molar refractivity (Wildman–Crippen MR) is 244 cm³/mol. The van der Waals surface area contributed by atoms with E-state index in [1.54, 1.807) is 0 Å². The van der Waals surface area contributed by atoms with Gasteiger partial charge in [-0.25, -0.2) is 4.79 Å². The van der Waals surface area contributed by atoms with Gasteiger partial charge in [-0.3, -0.25) is 4.79 Å². The molecule has 1 aliphatic heterocycles. The van der Waals surface area contributed by atoms with Crippen LogP contribution in [0, 0.1) is 0 Å². The molecule has 1 saturated heterocycles. The summed E-state index contributed by atoms with van der Waals surface area (Å²) >= 11 is 0. The zero-order valence-corrected chi connectivity index (χ0v) is 38.9. The van der Waals surface area contributed by atoms with Crippen LogP contribution in [0.15, 0.2) is 0 Å². The Hall–Kier alpha value is -1.58. The number of urea groups is 1. The largest absolute Gasteiger partial charge is 0.394 e. The quantitative estimate of drug-likeness (QED) is 0.0272. The predicted octanol–water partition coefficient (Wildman–Crippen LogP) is 7.83. The van der Waals surface area contributed by atoms with Crippen LogP contribution in [0.25, 0.3) is 0 Å². The zero-order valence-electron chi connectivity index (χ0n) is 38.9. The van der Waals surface area contributed by atoms with Gasteiger partial charge in [0.1, 0.15) is 30.5 Å². The number of unbranched alkanes of at least 4 members (excludes halogenated alkanes) is 27. The maximum atomic E-state index is 13.0. The van der Waals surface area contributed by atoms with E-state index in [-0.39, 0.29) is 25.0 Å². The topological polar surface area (TPSA) is 210 Å². The minimum absolute atomic E-state index is 0.0658. The van der Waals surface area contributed by atoms with Crippen molar-refractivity contribution in [2.24, 2.45) is 0 Å². The second-order valence-electron chi connectivity index (χ2n) is 17.9. The van der Waals surface area contributed by atoms with Crippen molar-refractivity contribution in [3.63, 3.8) is 0 Å². The van der Waals surface area contributed by atoms with E-state index in [9.17, 15) is 40.2 Å². The van der Waals surface area contributed by atoms with Crippen LogP contribution in [0.1, 0.15) is 219 Å². The first kappa shape index (κ1) is 57.4. The third-order valence-electron chi connectivity index (χ3n) is 12.2. The van der Waals surface area contributed by atoms with E-state index in [0.29, 0.717) is 19.4 Å². The Morgan fingerprint density at radius 2 is 0.967 bits per heavy atom. The molecule has 0 aromatic heterocycles. The highest BCUT2D eigenvalue weighted by molar-refractivity contribution is 5.76. The summed E-state index contributed by atoms with van der Waals surface area (Å²) in [5.74, 6) is -0.287. The molecule has 0 aromatic carbocycles. The number of nitrogens with one attached hydrogen (secondary N) is 3. The van der Waals surface area contributed by atoms with Gasteiger partial charge in [-0.1, -0.05) is 187 Å². The molecule has 0 unspecified atom stereocenters. The number of aliphatic hydroxyl groups is 6. The zero-order chi connectivity index (χ0) is 44.8. The van der Waals surface area contributed by atoms with Gasteiger partial charge in [-0.05, 0) is 25.7 Å². The van der Waals surface area contributed by atoms with Crippen molar-refractivity contribution >= 4 is 11.9 Å². The number of carbonyl (C=O) groups excluding carboxylic acids is 2. The van der Waals surface area contributed by atoms with Gasteiger partial charge in [-0.15, -0.1) is 0 Å². The van der Waals surface area contributed by atoms with E-state index in [4.69, 9.17) is 9.47 Å². The number of hydrogen-bond acceptors (Lipinski definition) is 10. The smallest absolute Gasteiger partial charge is 0.314 e. The molecule has 13 nitrogen and oxygen atoms in total. The van der Waals surface area contributed by atoms with Crippen LogP contribution >= 0.6 is 0 Å². The summed E-state index contributed by atoms with van der Waals surface area (Å²) in [6, 6.07) is -1.08. The molecular weight excluding hydrogens is 779 g/mol. The minimum Gasteiger partial charge on any atom is -0.394 e. The number of rotatable bonds is 42. The highest BCUT2D eigenvalue weighted by atomic mass is 16.7. The van der Waals surface area contributed by atoms with Crippen molar-refractivity contribution in [1.29, 1.82) is 0 Å². The second-order valence-corrected chi connectivity index (χ2v) is 17.9. The number of aliphatic hydroxyl groups excluding tert-OH is 6. The van der Waals surface area contributed by atoms with Crippen molar-refractivity contribution in [1.82, 2.24) is 16.0 Å². The number of carbonyl (C=O) groups is 2. The summed E-state index contributed by atoms with van der Waals surface area (Å²) in [7, 11) is 0. The monoisotopic (exact) mass is 874 g/mol. The minimum atomic E-state index is -1.62. The lowest BCUT2D eigenvalue weighted by atomic mass is 9.98. The Balaban J connectivity index is 2.29. The van der Waals surface area contributed by atoms with Crippen molar-refractivity contribution in [2.75, 3.05) is 26.3 Å². The molecule has 8 atom stereocenters. The van der Waals surface area contributed by atoms with Crippen molar-refractivity contribution in [3.05, 3.63) is 0 Å². The standard InChI is InChI=1S/C48H95N3O10/c1-3-5-7-9-11-13-14-15-17-21-25-29-33-40(53)43(55)39(38-60-47-46(58)45(57)44(56)41(37-52)61-47)51-42(54)34-30-26-22-18-16-20-24-28-32-36-50-48(59)49-35-31-27-23-19-12-10-8-6-4-2/h39-41,43-47,52-53,55-58H,3-38H2,1-2H3,(H,51,54)(H2,49,50,59)/t39-,40+,41+,43-,44-,45-,46+,47-/m0/s1.